The SMILES string of the molecule is CC1CCC(/C=C(/CCl)C(C)C)CC1. The average Bonchev–Trinajstić information content (AvgIpc) is 2.16. The highest BCUT2D eigenvalue weighted by Gasteiger charge is 2.17. The van der Waals surface area contributed by atoms with Crippen LogP contribution in [0.3, 0.4) is 0 Å². The molecule has 1 rings (SSSR count). The molecule has 0 aromatic rings. The first-order valence-corrected chi connectivity index (χ1v) is 6.43. The topological polar surface area (TPSA) is 0 Å². The van der Waals surface area contributed by atoms with E-state index in [2.05, 4.69) is 26.8 Å². The molecule has 0 bridgehead atoms. The fraction of sp³-hybridized carbons (Fsp3) is 0.846. The second kappa shape index (κ2) is 5.80. The van der Waals surface area contributed by atoms with Gasteiger partial charge in [-0.15, -0.1) is 11.6 Å². The Kier molecular flexibility index (Phi) is 5.01. The van der Waals surface area contributed by atoms with Crippen LogP contribution < -0.4 is 0 Å². The summed E-state index contributed by atoms with van der Waals surface area (Å²) in [5.74, 6) is 3.08. The molecule has 1 heteroatoms. The van der Waals surface area contributed by atoms with Crippen molar-refractivity contribution in [2.24, 2.45) is 17.8 Å². The van der Waals surface area contributed by atoms with E-state index in [0.717, 1.165) is 11.8 Å². The van der Waals surface area contributed by atoms with Crippen molar-refractivity contribution < 1.29 is 0 Å². The molecular formula is C13H23Cl. The number of hydrogen-bond donors (Lipinski definition) is 0. The summed E-state index contributed by atoms with van der Waals surface area (Å²) < 4.78 is 0. The van der Waals surface area contributed by atoms with Crippen LogP contribution in [0.1, 0.15) is 46.5 Å². The number of allylic oxidation sites excluding steroid dienone is 2. The molecule has 0 aromatic carbocycles. The Morgan fingerprint density at radius 1 is 1.29 bits per heavy atom. The summed E-state index contributed by atoms with van der Waals surface area (Å²) in [5, 5.41) is 0. The zero-order chi connectivity index (χ0) is 10.6. The van der Waals surface area contributed by atoms with Gasteiger partial charge in [0.15, 0.2) is 0 Å². The molecule has 1 fully saturated rings. The third-order valence-corrected chi connectivity index (χ3v) is 3.71. The van der Waals surface area contributed by atoms with Gasteiger partial charge in [-0.05, 0) is 30.6 Å². The molecule has 0 radical (unpaired) electrons. The highest BCUT2D eigenvalue weighted by atomic mass is 35.5. The van der Waals surface area contributed by atoms with E-state index in [4.69, 9.17) is 11.6 Å². The molecule has 0 aliphatic heterocycles. The minimum absolute atomic E-state index is 0.617. The molecule has 1 aliphatic carbocycles. The van der Waals surface area contributed by atoms with E-state index in [1.807, 2.05) is 0 Å². The molecule has 1 aliphatic rings. The number of halogens is 1. The van der Waals surface area contributed by atoms with Crippen molar-refractivity contribution in [2.45, 2.75) is 46.5 Å². The van der Waals surface area contributed by atoms with Crippen molar-refractivity contribution in [1.29, 1.82) is 0 Å². The van der Waals surface area contributed by atoms with Gasteiger partial charge in [-0.25, -0.2) is 0 Å². The number of rotatable bonds is 3. The van der Waals surface area contributed by atoms with Crippen LogP contribution in [-0.4, -0.2) is 5.88 Å². The molecule has 0 amide bonds. The van der Waals surface area contributed by atoms with Crippen molar-refractivity contribution in [2.75, 3.05) is 5.88 Å². The lowest BCUT2D eigenvalue weighted by atomic mass is 9.81. The second-order valence-corrected chi connectivity index (χ2v) is 5.32. The maximum absolute atomic E-state index is 5.94. The standard InChI is InChI=1S/C13H23Cl/c1-10(2)13(9-14)8-12-6-4-11(3)5-7-12/h8,10-12H,4-7,9H2,1-3H3/b13-8-. The second-order valence-electron chi connectivity index (χ2n) is 5.05. The first-order chi connectivity index (χ1) is 6.63. The molecule has 0 saturated heterocycles. The fourth-order valence-corrected chi connectivity index (χ4v) is 2.54. The highest BCUT2D eigenvalue weighted by molar-refractivity contribution is 6.19. The Morgan fingerprint density at radius 3 is 2.29 bits per heavy atom. The third-order valence-electron chi connectivity index (χ3n) is 3.41. The van der Waals surface area contributed by atoms with Gasteiger partial charge in [0.05, 0.1) is 0 Å². The molecule has 0 aromatic heterocycles. The quantitative estimate of drug-likeness (QED) is 0.475. The Hall–Kier alpha value is 0.0300. The minimum Gasteiger partial charge on any atom is -0.122 e. The summed E-state index contributed by atoms with van der Waals surface area (Å²) in [6.45, 7) is 6.84. The Balaban J connectivity index is 2.49. The van der Waals surface area contributed by atoms with Crippen LogP contribution in [0.2, 0.25) is 0 Å². The van der Waals surface area contributed by atoms with Crippen LogP contribution in [0.15, 0.2) is 11.6 Å². The van der Waals surface area contributed by atoms with Crippen LogP contribution in [0.4, 0.5) is 0 Å². The average molecular weight is 215 g/mol. The molecular weight excluding hydrogens is 192 g/mol. The van der Waals surface area contributed by atoms with Crippen LogP contribution in [0.5, 0.6) is 0 Å². The molecule has 1 saturated carbocycles. The fourth-order valence-electron chi connectivity index (χ4n) is 2.15. The van der Waals surface area contributed by atoms with Gasteiger partial charge >= 0.3 is 0 Å². The summed E-state index contributed by atoms with van der Waals surface area (Å²) in [6.07, 6.45) is 7.98. The van der Waals surface area contributed by atoms with Crippen molar-refractivity contribution in [3.05, 3.63) is 11.6 Å². The molecule has 0 heterocycles. The lowest BCUT2D eigenvalue weighted by molar-refractivity contribution is 0.329. The van der Waals surface area contributed by atoms with Crippen molar-refractivity contribution in [1.82, 2.24) is 0 Å². The first-order valence-electron chi connectivity index (χ1n) is 5.90. The van der Waals surface area contributed by atoms with E-state index in [1.165, 1.54) is 31.3 Å². The van der Waals surface area contributed by atoms with Gasteiger partial charge in [-0.2, -0.15) is 0 Å². The Bertz CT molecular complexity index is 185. The van der Waals surface area contributed by atoms with Crippen LogP contribution >= 0.6 is 11.6 Å². The first kappa shape index (κ1) is 12.1. The lowest BCUT2D eigenvalue weighted by Gasteiger charge is -2.25. The van der Waals surface area contributed by atoms with Gasteiger partial charge in [-0.1, -0.05) is 45.3 Å². The van der Waals surface area contributed by atoms with Gasteiger partial charge in [0.1, 0.15) is 0 Å². The summed E-state index contributed by atoms with van der Waals surface area (Å²) in [6, 6.07) is 0. The number of alkyl halides is 1. The molecule has 0 nitrogen and oxygen atoms in total. The summed E-state index contributed by atoms with van der Waals surface area (Å²) in [7, 11) is 0. The monoisotopic (exact) mass is 214 g/mol. The minimum atomic E-state index is 0.617. The molecule has 0 spiro atoms. The third kappa shape index (κ3) is 3.65. The summed E-state index contributed by atoms with van der Waals surface area (Å²) >= 11 is 5.94. The van der Waals surface area contributed by atoms with Gasteiger partial charge in [0, 0.05) is 5.88 Å². The van der Waals surface area contributed by atoms with E-state index in [1.54, 1.807) is 0 Å². The predicted octanol–water partition coefficient (Wildman–Crippen LogP) is 4.63. The Morgan fingerprint density at radius 2 is 1.86 bits per heavy atom. The zero-order valence-corrected chi connectivity index (χ0v) is 10.5. The summed E-state index contributed by atoms with van der Waals surface area (Å²) in [4.78, 5) is 0. The van der Waals surface area contributed by atoms with E-state index >= 15 is 0 Å². The smallest absolute Gasteiger partial charge is 0.0436 e. The maximum Gasteiger partial charge on any atom is 0.0436 e. The van der Waals surface area contributed by atoms with Gasteiger partial charge in [0.25, 0.3) is 0 Å². The van der Waals surface area contributed by atoms with Gasteiger partial charge in [0.2, 0.25) is 0 Å². The molecule has 0 N–H and O–H groups in total. The van der Waals surface area contributed by atoms with Crippen molar-refractivity contribution >= 4 is 11.6 Å². The molecule has 0 unspecified atom stereocenters. The Labute approximate surface area is 93.7 Å². The van der Waals surface area contributed by atoms with E-state index in [0.29, 0.717) is 11.8 Å². The predicted molar refractivity (Wildman–Crippen MR) is 64.8 cm³/mol. The van der Waals surface area contributed by atoms with Crippen molar-refractivity contribution in [3.8, 4) is 0 Å². The van der Waals surface area contributed by atoms with E-state index in [-0.39, 0.29) is 0 Å². The summed E-state index contributed by atoms with van der Waals surface area (Å²) in [5.41, 5.74) is 1.44. The molecule has 14 heavy (non-hydrogen) atoms. The zero-order valence-electron chi connectivity index (χ0n) is 9.72. The van der Waals surface area contributed by atoms with Crippen molar-refractivity contribution in [3.63, 3.8) is 0 Å². The number of hydrogen-bond acceptors (Lipinski definition) is 0. The van der Waals surface area contributed by atoms with Gasteiger partial charge < -0.3 is 0 Å². The van der Waals surface area contributed by atoms with Crippen LogP contribution in [-0.2, 0) is 0 Å². The van der Waals surface area contributed by atoms with Gasteiger partial charge in [-0.3, -0.25) is 0 Å². The van der Waals surface area contributed by atoms with Crippen LogP contribution in [0, 0.1) is 17.8 Å². The van der Waals surface area contributed by atoms with Crippen LogP contribution in [0.25, 0.3) is 0 Å². The molecule has 82 valence electrons. The highest BCUT2D eigenvalue weighted by Crippen LogP contribution is 2.30. The largest absolute Gasteiger partial charge is 0.122 e. The lowest BCUT2D eigenvalue weighted by Crippen LogP contribution is -2.11. The maximum atomic E-state index is 5.94. The molecule has 0 atom stereocenters. The normalized spacial score (nSPS) is 29.6. The van der Waals surface area contributed by atoms with E-state index < -0.39 is 0 Å². The van der Waals surface area contributed by atoms with E-state index in [9.17, 15) is 0 Å².